The lowest BCUT2D eigenvalue weighted by Crippen LogP contribution is -2.44. The van der Waals surface area contributed by atoms with Crippen molar-refractivity contribution in [3.8, 4) is 22.4 Å². The third kappa shape index (κ3) is 3.43. The highest BCUT2D eigenvalue weighted by Gasteiger charge is 2.28. The van der Waals surface area contributed by atoms with Crippen molar-refractivity contribution >= 4 is 17.0 Å². The van der Waals surface area contributed by atoms with E-state index in [1.165, 1.54) is 36.0 Å². The first-order valence-electron chi connectivity index (χ1n) is 11.7. The maximum absolute atomic E-state index is 5.18. The zero-order valence-electron chi connectivity index (χ0n) is 18.2. The molecule has 4 aromatic rings. The van der Waals surface area contributed by atoms with Crippen molar-refractivity contribution in [1.29, 1.82) is 0 Å². The summed E-state index contributed by atoms with van der Waals surface area (Å²) < 4.78 is 0. The monoisotopic (exact) mass is 421 g/mol. The van der Waals surface area contributed by atoms with Crippen molar-refractivity contribution < 1.29 is 0 Å². The van der Waals surface area contributed by atoms with Crippen LogP contribution in [0.1, 0.15) is 30.7 Å². The number of aromatic nitrogens is 3. The first kappa shape index (κ1) is 19.4. The van der Waals surface area contributed by atoms with Crippen LogP contribution in [-0.4, -0.2) is 41.1 Å². The quantitative estimate of drug-likeness (QED) is 0.501. The number of piperazine rings is 1. The lowest BCUT2D eigenvalue weighted by molar-refractivity contribution is 0.423. The Morgan fingerprint density at radius 1 is 0.812 bits per heavy atom. The average Bonchev–Trinajstić information content (AvgIpc) is 2.84. The molecule has 1 aliphatic carbocycles. The van der Waals surface area contributed by atoms with E-state index in [9.17, 15) is 0 Å². The molecule has 5 heteroatoms. The minimum Gasteiger partial charge on any atom is -0.338 e. The van der Waals surface area contributed by atoms with Gasteiger partial charge in [0.05, 0.1) is 5.69 Å². The molecule has 5 nitrogen and oxygen atoms in total. The second-order valence-corrected chi connectivity index (χ2v) is 8.75. The molecule has 1 saturated carbocycles. The first-order valence-corrected chi connectivity index (χ1v) is 11.7. The molecule has 0 radical (unpaired) electrons. The van der Waals surface area contributed by atoms with Crippen molar-refractivity contribution in [2.24, 2.45) is 0 Å². The van der Waals surface area contributed by atoms with E-state index in [4.69, 9.17) is 15.0 Å². The number of anilines is 1. The Morgan fingerprint density at radius 2 is 1.50 bits per heavy atom. The topological polar surface area (TPSA) is 53.9 Å². The van der Waals surface area contributed by atoms with Crippen LogP contribution in [0.5, 0.6) is 0 Å². The van der Waals surface area contributed by atoms with Crippen LogP contribution in [0, 0.1) is 0 Å². The van der Waals surface area contributed by atoms with Gasteiger partial charge in [-0.15, -0.1) is 0 Å². The summed E-state index contributed by atoms with van der Waals surface area (Å²) in [5.41, 5.74) is 6.76. The van der Waals surface area contributed by atoms with Crippen molar-refractivity contribution in [2.45, 2.75) is 25.2 Å². The summed E-state index contributed by atoms with van der Waals surface area (Å²) in [5, 5.41) is 4.55. The van der Waals surface area contributed by atoms with Gasteiger partial charge in [-0.05, 0) is 29.9 Å². The maximum Gasteiger partial charge on any atom is 0.228 e. The molecule has 1 saturated heterocycles. The molecule has 1 N–H and O–H groups in total. The van der Waals surface area contributed by atoms with E-state index in [1.54, 1.807) is 0 Å². The zero-order chi connectivity index (χ0) is 21.3. The van der Waals surface area contributed by atoms with Crippen molar-refractivity contribution in [3.63, 3.8) is 0 Å². The van der Waals surface area contributed by atoms with E-state index in [2.05, 4.69) is 70.9 Å². The van der Waals surface area contributed by atoms with Gasteiger partial charge in [0, 0.05) is 48.9 Å². The Kier molecular flexibility index (Phi) is 5.04. The van der Waals surface area contributed by atoms with Crippen LogP contribution >= 0.6 is 0 Å². The molecule has 6 rings (SSSR count). The highest BCUT2D eigenvalue weighted by atomic mass is 15.3. The summed E-state index contributed by atoms with van der Waals surface area (Å²) in [5.74, 6) is 1.32. The molecule has 2 aromatic heterocycles. The van der Waals surface area contributed by atoms with E-state index >= 15 is 0 Å². The second kappa shape index (κ2) is 8.32. The van der Waals surface area contributed by atoms with Crippen LogP contribution in [0.25, 0.3) is 33.4 Å². The van der Waals surface area contributed by atoms with Gasteiger partial charge in [0.15, 0.2) is 5.65 Å². The largest absolute Gasteiger partial charge is 0.338 e. The van der Waals surface area contributed by atoms with Crippen LogP contribution in [0.3, 0.4) is 0 Å². The van der Waals surface area contributed by atoms with Gasteiger partial charge in [-0.3, -0.25) is 0 Å². The number of hydrogen-bond donors (Lipinski definition) is 1. The maximum atomic E-state index is 5.18. The molecule has 1 aliphatic heterocycles. The molecule has 0 atom stereocenters. The number of nitrogens with one attached hydrogen (secondary N) is 1. The molecule has 2 aromatic carbocycles. The van der Waals surface area contributed by atoms with Gasteiger partial charge in [0.2, 0.25) is 5.95 Å². The van der Waals surface area contributed by atoms with Crippen LogP contribution in [-0.2, 0) is 0 Å². The molecule has 2 aliphatic rings. The van der Waals surface area contributed by atoms with E-state index in [0.29, 0.717) is 5.92 Å². The third-order valence-corrected chi connectivity index (χ3v) is 6.80. The van der Waals surface area contributed by atoms with Crippen LogP contribution < -0.4 is 10.2 Å². The Morgan fingerprint density at radius 3 is 2.16 bits per heavy atom. The third-order valence-electron chi connectivity index (χ3n) is 6.80. The Labute approximate surface area is 188 Å². The van der Waals surface area contributed by atoms with Gasteiger partial charge in [0.25, 0.3) is 0 Å². The van der Waals surface area contributed by atoms with Crippen LogP contribution in [0.2, 0.25) is 0 Å². The number of benzene rings is 2. The van der Waals surface area contributed by atoms with Gasteiger partial charge in [-0.1, -0.05) is 67.1 Å². The lowest BCUT2D eigenvalue weighted by Gasteiger charge is -2.31. The van der Waals surface area contributed by atoms with E-state index < -0.39 is 0 Å². The molecular formula is C27H27N5. The van der Waals surface area contributed by atoms with Crippen molar-refractivity contribution in [1.82, 2.24) is 20.3 Å². The van der Waals surface area contributed by atoms with Crippen molar-refractivity contribution in [3.05, 3.63) is 72.4 Å². The molecule has 0 spiro atoms. The molecule has 0 amide bonds. The summed E-state index contributed by atoms with van der Waals surface area (Å²) in [6.45, 7) is 3.74. The number of pyridine rings is 1. The Bertz CT molecular complexity index is 1230. The van der Waals surface area contributed by atoms with Crippen LogP contribution in [0.4, 0.5) is 5.95 Å². The van der Waals surface area contributed by atoms with E-state index in [0.717, 1.165) is 54.4 Å². The highest BCUT2D eigenvalue weighted by molar-refractivity contribution is 5.98. The summed E-state index contributed by atoms with van der Waals surface area (Å²) in [6.07, 6.45) is 5.75. The Hall–Kier alpha value is -3.31. The van der Waals surface area contributed by atoms with Gasteiger partial charge in [0.1, 0.15) is 0 Å². The standard InChI is InChI=1S/C27H27N5/c1-3-8-19(9-4-1)22-18-29-26-24(23(22)20-12-7-13-20)25(21-10-5-2-6-11-21)30-27(31-26)32-16-14-28-15-17-32/h1-6,8-11,18,20,28H,7,12-17H2. The molecule has 3 heterocycles. The zero-order valence-corrected chi connectivity index (χ0v) is 18.2. The average molecular weight is 422 g/mol. The lowest BCUT2D eigenvalue weighted by atomic mass is 9.76. The van der Waals surface area contributed by atoms with Gasteiger partial charge in [-0.25, -0.2) is 9.97 Å². The normalized spacial score (nSPS) is 16.8. The summed E-state index contributed by atoms with van der Waals surface area (Å²) >= 11 is 0. The minimum atomic E-state index is 0.534. The smallest absolute Gasteiger partial charge is 0.228 e. The molecule has 0 unspecified atom stereocenters. The number of rotatable bonds is 4. The van der Waals surface area contributed by atoms with Gasteiger partial charge >= 0.3 is 0 Å². The summed E-state index contributed by atoms with van der Waals surface area (Å²) in [4.78, 5) is 17.4. The number of hydrogen-bond acceptors (Lipinski definition) is 5. The van der Waals surface area contributed by atoms with Gasteiger partial charge in [-0.2, -0.15) is 4.98 Å². The molecule has 2 fully saturated rings. The highest BCUT2D eigenvalue weighted by Crippen LogP contribution is 2.46. The van der Waals surface area contributed by atoms with Crippen molar-refractivity contribution in [2.75, 3.05) is 31.1 Å². The SMILES string of the molecule is c1ccc(-c2cnc3nc(N4CCNCC4)nc(-c4ccccc4)c3c2C2CCC2)cc1. The second-order valence-electron chi connectivity index (χ2n) is 8.75. The van der Waals surface area contributed by atoms with E-state index in [-0.39, 0.29) is 0 Å². The fourth-order valence-corrected chi connectivity index (χ4v) is 4.89. The minimum absolute atomic E-state index is 0.534. The van der Waals surface area contributed by atoms with Crippen LogP contribution in [0.15, 0.2) is 66.9 Å². The first-order chi connectivity index (χ1) is 15.9. The van der Waals surface area contributed by atoms with E-state index in [1.807, 2.05) is 6.20 Å². The molecule has 160 valence electrons. The fourth-order valence-electron chi connectivity index (χ4n) is 4.89. The van der Waals surface area contributed by atoms with Gasteiger partial charge < -0.3 is 10.2 Å². The molecular weight excluding hydrogens is 394 g/mol. The number of nitrogens with zero attached hydrogens (tertiary/aromatic N) is 4. The molecule has 0 bridgehead atoms. The predicted molar refractivity (Wildman–Crippen MR) is 130 cm³/mol. The fraction of sp³-hybridized carbons (Fsp3) is 0.296. The number of fused-ring (bicyclic) bond motifs is 1. The predicted octanol–water partition coefficient (Wildman–Crippen LogP) is 5.04. The Balaban J connectivity index is 1.64. The summed E-state index contributed by atoms with van der Waals surface area (Å²) in [7, 11) is 0. The summed E-state index contributed by atoms with van der Waals surface area (Å²) in [6, 6.07) is 21.2. The molecule has 32 heavy (non-hydrogen) atoms.